The largest absolute Gasteiger partial charge is 0.497 e. The smallest absolute Gasteiger partial charge is 0.416 e. The Labute approximate surface area is 199 Å². The number of fused-ring (bicyclic) bond motifs is 1. The van der Waals surface area contributed by atoms with Crippen molar-refractivity contribution in [3.63, 3.8) is 0 Å². The molecule has 0 saturated carbocycles. The maximum absolute atomic E-state index is 14.4. The van der Waals surface area contributed by atoms with Crippen LogP contribution in [0.25, 0.3) is 10.9 Å². The first-order valence-corrected chi connectivity index (χ1v) is 11.8. The molecule has 0 unspecified atom stereocenters. The Bertz CT molecular complexity index is 1500. The molecular formula is C24H21F4N3O3S. The molecule has 0 radical (unpaired) electrons. The zero-order chi connectivity index (χ0) is 25.4. The van der Waals surface area contributed by atoms with Crippen LogP contribution in [0.15, 0.2) is 71.8 Å². The summed E-state index contributed by atoms with van der Waals surface area (Å²) >= 11 is 0. The third-order valence-corrected chi connectivity index (χ3v) is 7.06. The van der Waals surface area contributed by atoms with E-state index in [2.05, 4.69) is 10.6 Å². The van der Waals surface area contributed by atoms with Gasteiger partial charge in [-0.2, -0.15) is 13.2 Å². The van der Waals surface area contributed by atoms with Crippen molar-refractivity contribution in [3.8, 4) is 5.75 Å². The molecule has 6 nitrogen and oxygen atoms in total. The molecule has 184 valence electrons. The highest BCUT2D eigenvalue weighted by atomic mass is 32.2. The quantitative estimate of drug-likeness (QED) is 0.323. The van der Waals surface area contributed by atoms with E-state index in [1.165, 1.54) is 31.5 Å². The highest BCUT2D eigenvalue weighted by molar-refractivity contribution is 7.90. The Hall–Kier alpha value is -3.57. The van der Waals surface area contributed by atoms with Crippen molar-refractivity contribution >= 4 is 32.3 Å². The van der Waals surface area contributed by atoms with Gasteiger partial charge in [-0.15, -0.1) is 0 Å². The maximum Gasteiger partial charge on any atom is 0.416 e. The van der Waals surface area contributed by atoms with E-state index in [1.807, 2.05) is 0 Å². The molecule has 4 rings (SSSR count). The Morgan fingerprint density at radius 2 is 1.80 bits per heavy atom. The predicted molar refractivity (Wildman–Crippen MR) is 125 cm³/mol. The van der Waals surface area contributed by atoms with Crippen LogP contribution in [0, 0.1) is 5.82 Å². The molecule has 4 aromatic rings. The lowest BCUT2D eigenvalue weighted by Gasteiger charge is -2.12. The summed E-state index contributed by atoms with van der Waals surface area (Å²) in [5.41, 5.74) is 0.310. The van der Waals surface area contributed by atoms with Crippen molar-refractivity contribution in [1.82, 2.24) is 9.29 Å². The molecule has 35 heavy (non-hydrogen) atoms. The molecule has 11 heteroatoms. The molecule has 0 saturated heterocycles. The minimum atomic E-state index is -4.69. The van der Waals surface area contributed by atoms with Gasteiger partial charge in [-0.3, -0.25) is 0 Å². The molecule has 0 aliphatic rings. The van der Waals surface area contributed by atoms with E-state index in [4.69, 9.17) is 4.74 Å². The zero-order valence-electron chi connectivity index (χ0n) is 18.7. The van der Waals surface area contributed by atoms with Crippen molar-refractivity contribution in [2.45, 2.75) is 17.6 Å². The lowest BCUT2D eigenvalue weighted by atomic mass is 10.1. The second kappa shape index (κ2) is 9.23. The van der Waals surface area contributed by atoms with Gasteiger partial charge in [-0.1, -0.05) is 12.1 Å². The van der Waals surface area contributed by atoms with Crippen molar-refractivity contribution in [2.24, 2.45) is 0 Å². The standard InChI is InChI=1S/C24H21F4N3O3S/c1-29-13-15-14-31(35(32,33)19-5-3-4-16(10-19)24(26,27)28)23-11-17(6-8-20(15)23)30-22-9-7-18(34-2)12-21(22)25/h3-12,14,29-30H,13H2,1-2H3. The monoisotopic (exact) mass is 507 g/mol. The summed E-state index contributed by atoms with van der Waals surface area (Å²) in [4.78, 5) is -0.500. The van der Waals surface area contributed by atoms with Crippen LogP contribution in [0.4, 0.5) is 28.9 Å². The topological polar surface area (TPSA) is 72.4 Å². The predicted octanol–water partition coefficient (Wildman–Crippen LogP) is 5.51. The van der Waals surface area contributed by atoms with Gasteiger partial charge in [0.1, 0.15) is 11.6 Å². The molecule has 1 aromatic heterocycles. The minimum absolute atomic E-state index is 0.138. The molecule has 0 fully saturated rings. The summed E-state index contributed by atoms with van der Waals surface area (Å²) in [7, 11) is -1.28. The molecule has 0 amide bonds. The van der Waals surface area contributed by atoms with Crippen LogP contribution < -0.4 is 15.4 Å². The van der Waals surface area contributed by atoms with Gasteiger partial charge in [0.05, 0.1) is 28.8 Å². The Balaban J connectivity index is 1.83. The molecule has 0 bridgehead atoms. The second-order valence-electron chi connectivity index (χ2n) is 7.71. The number of hydrogen-bond acceptors (Lipinski definition) is 5. The fourth-order valence-electron chi connectivity index (χ4n) is 3.70. The van der Waals surface area contributed by atoms with Gasteiger partial charge in [0.15, 0.2) is 0 Å². The molecule has 0 aliphatic heterocycles. The van der Waals surface area contributed by atoms with Gasteiger partial charge in [0, 0.05) is 29.9 Å². The van der Waals surface area contributed by atoms with Crippen LogP contribution >= 0.6 is 0 Å². The number of alkyl halides is 3. The van der Waals surface area contributed by atoms with Gasteiger partial charge >= 0.3 is 6.18 Å². The van der Waals surface area contributed by atoms with E-state index in [9.17, 15) is 26.0 Å². The molecule has 0 atom stereocenters. The average Bonchev–Trinajstić information content (AvgIpc) is 3.18. The van der Waals surface area contributed by atoms with Crippen molar-refractivity contribution in [2.75, 3.05) is 19.5 Å². The second-order valence-corrected chi connectivity index (χ2v) is 9.53. The normalized spacial score (nSPS) is 12.2. The fourth-order valence-corrected chi connectivity index (χ4v) is 5.13. The average molecular weight is 508 g/mol. The van der Waals surface area contributed by atoms with Crippen LogP contribution in [-0.2, 0) is 22.7 Å². The summed E-state index contributed by atoms with van der Waals surface area (Å²) in [6.45, 7) is 0.321. The summed E-state index contributed by atoms with van der Waals surface area (Å²) in [6, 6.07) is 12.7. The molecule has 0 spiro atoms. The summed E-state index contributed by atoms with van der Waals surface area (Å²) in [6.07, 6.45) is -3.32. The van der Waals surface area contributed by atoms with Gasteiger partial charge < -0.3 is 15.4 Å². The number of halogens is 4. The van der Waals surface area contributed by atoms with E-state index in [-0.39, 0.29) is 11.2 Å². The number of rotatable bonds is 7. The Morgan fingerprint density at radius 1 is 1.03 bits per heavy atom. The molecule has 2 N–H and O–H groups in total. The first kappa shape index (κ1) is 24.6. The van der Waals surface area contributed by atoms with Crippen LogP contribution in [-0.4, -0.2) is 26.5 Å². The van der Waals surface area contributed by atoms with Gasteiger partial charge in [0.25, 0.3) is 10.0 Å². The summed E-state index contributed by atoms with van der Waals surface area (Å²) < 4.78 is 86.8. The molecular weight excluding hydrogens is 486 g/mol. The SMILES string of the molecule is CNCc1cn(S(=O)(=O)c2cccc(C(F)(F)F)c2)c2cc(Nc3ccc(OC)cc3F)ccc12. The van der Waals surface area contributed by atoms with E-state index >= 15 is 0 Å². The molecule has 0 aliphatic carbocycles. The highest BCUT2D eigenvalue weighted by Gasteiger charge is 2.32. The zero-order valence-corrected chi connectivity index (χ0v) is 19.5. The third kappa shape index (κ3) is 4.82. The van der Waals surface area contributed by atoms with Crippen LogP contribution in [0.2, 0.25) is 0 Å². The van der Waals surface area contributed by atoms with E-state index in [1.54, 1.807) is 25.2 Å². The number of aromatic nitrogens is 1. The summed E-state index contributed by atoms with van der Waals surface area (Å²) in [5.74, 6) is -0.242. The highest BCUT2D eigenvalue weighted by Crippen LogP contribution is 2.33. The van der Waals surface area contributed by atoms with E-state index < -0.39 is 32.5 Å². The Kier molecular flexibility index (Phi) is 6.48. The maximum atomic E-state index is 14.4. The lowest BCUT2D eigenvalue weighted by Crippen LogP contribution is -2.14. The van der Waals surface area contributed by atoms with Gasteiger partial charge in [0.2, 0.25) is 0 Å². The van der Waals surface area contributed by atoms with Crippen molar-refractivity contribution in [3.05, 3.63) is 83.8 Å². The molecule has 1 heterocycles. The van der Waals surface area contributed by atoms with Crippen LogP contribution in [0.3, 0.4) is 0 Å². The van der Waals surface area contributed by atoms with Gasteiger partial charge in [-0.25, -0.2) is 16.8 Å². The van der Waals surface area contributed by atoms with E-state index in [0.29, 0.717) is 35.0 Å². The number of hydrogen-bond donors (Lipinski definition) is 2. The number of anilines is 2. The number of nitrogens with zero attached hydrogens (tertiary/aromatic N) is 1. The first-order chi connectivity index (χ1) is 16.5. The van der Waals surface area contributed by atoms with Crippen LogP contribution in [0.5, 0.6) is 5.75 Å². The number of methoxy groups -OCH3 is 1. The fraction of sp³-hybridized carbons (Fsp3) is 0.167. The van der Waals surface area contributed by atoms with E-state index in [0.717, 1.165) is 22.2 Å². The first-order valence-electron chi connectivity index (χ1n) is 10.4. The van der Waals surface area contributed by atoms with Crippen LogP contribution in [0.1, 0.15) is 11.1 Å². The van der Waals surface area contributed by atoms with Gasteiger partial charge in [-0.05, 0) is 55.1 Å². The molecule has 3 aromatic carbocycles. The van der Waals surface area contributed by atoms with Crippen molar-refractivity contribution in [1.29, 1.82) is 0 Å². The Morgan fingerprint density at radius 3 is 2.46 bits per heavy atom. The third-order valence-electron chi connectivity index (χ3n) is 5.39. The number of ether oxygens (including phenoxy) is 1. The minimum Gasteiger partial charge on any atom is -0.497 e. The number of benzene rings is 3. The summed E-state index contributed by atoms with van der Waals surface area (Å²) in [5, 5.41) is 6.43. The lowest BCUT2D eigenvalue weighted by molar-refractivity contribution is -0.137. The van der Waals surface area contributed by atoms with Crippen molar-refractivity contribution < 1.29 is 30.7 Å². The number of nitrogens with one attached hydrogen (secondary N) is 2.